The van der Waals surface area contributed by atoms with Crippen LogP contribution in [0.15, 0.2) is 4.99 Å². The molecule has 1 aliphatic heterocycles. The molecule has 1 unspecified atom stereocenters. The van der Waals surface area contributed by atoms with E-state index in [2.05, 4.69) is 20.5 Å². The molecule has 2 rings (SSSR count). The first-order chi connectivity index (χ1) is 10.6. The minimum absolute atomic E-state index is 0. The number of likely N-dealkylation sites (tertiary alicyclic amines) is 1. The molecule has 1 aliphatic carbocycles. The summed E-state index contributed by atoms with van der Waals surface area (Å²) in [5.41, 5.74) is 0. The molecule has 0 radical (unpaired) electrons. The van der Waals surface area contributed by atoms with Crippen LogP contribution in [0.1, 0.15) is 32.1 Å². The number of guanidine groups is 1. The third-order valence-corrected chi connectivity index (χ3v) is 4.73. The van der Waals surface area contributed by atoms with Crippen molar-refractivity contribution in [1.82, 2.24) is 20.4 Å². The molecule has 0 aromatic carbocycles. The number of amides is 1. The Morgan fingerprint density at radius 1 is 1.26 bits per heavy atom. The van der Waals surface area contributed by atoms with Gasteiger partial charge in [-0.15, -0.1) is 24.0 Å². The summed E-state index contributed by atoms with van der Waals surface area (Å²) < 4.78 is 0. The van der Waals surface area contributed by atoms with Crippen LogP contribution in [-0.4, -0.2) is 75.0 Å². The van der Waals surface area contributed by atoms with E-state index in [4.69, 9.17) is 0 Å². The fraction of sp³-hybridized carbons (Fsp3) is 0.875. The van der Waals surface area contributed by atoms with E-state index in [0.717, 1.165) is 24.8 Å². The summed E-state index contributed by atoms with van der Waals surface area (Å²) in [5, 5.41) is 6.54. The fourth-order valence-corrected chi connectivity index (χ4v) is 3.38. The number of nitrogens with one attached hydrogen (secondary N) is 2. The zero-order chi connectivity index (χ0) is 15.9. The van der Waals surface area contributed by atoms with Gasteiger partial charge in [-0.3, -0.25) is 9.79 Å². The van der Waals surface area contributed by atoms with Gasteiger partial charge in [0.05, 0.1) is 6.54 Å². The van der Waals surface area contributed by atoms with Gasteiger partial charge in [-0.25, -0.2) is 0 Å². The van der Waals surface area contributed by atoms with Crippen LogP contribution >= 0.6 is 24.0 Å². The van der Waals surface area contributed by atoms with Crippen LogP contribution < -0.4 is 10.6 Å². The molecule has 1 saturated carbocycles. The highest BCUT2D eigenvalue weighted by atomic mass is 127. The Balaban J connectivity index is 0.00000264. The van der Waals surface area contributed by atoms with Gasteiger partial charge >= 0.3 is 0 Å². The van der Waals surface area contributed by atoms with Crippen LogP contribution in [0.25, 0.3) is 0 Å². The minimum Gasteiger partial charge on any atom is -0.352 e. The van der Waals surface area contributed by atoms with Gasteiger partial charge in [0.1, 0.15) is 0 Å². The first kappa shape index (κ1) is 20.5. The number of carbonyl (C=O) groups is 1. The summed E-state index contributed by atoms with van der Waals surface area (Å²) in [5.74, 6) is 1.69. The lowest BCUT2D eigenvalue weighted by atomic mass is 10.1. The van der Waals surface area contributed by atoms with Gasteiger partial charge < -0.3 is 20.4 Å². The highest BCUT2D eigenvalue weighted by Gasteiger charge is 2.26. The fourth-order valence-electron chi connectivity index (χ4n) is 3.38. The van der Waals surface area contributed by atoms with Crippen molar-refractivity contribution >= 4 is 35.8 Å². The Bertz CT molecular complexity index is 396. The van der Waals surface area contributed by atoms with Gasteiger partial charge in [0, 0.05) is 46.8 Å². The van der Waals surface area contributed by atoms with Gasteiger partial charge in [0.15, 0.2) is 5.96 Å². The smallest absolute Gasteiger partial charge is 0.241 e. The molecule has 1 heterocycles. The summed E-state index contributed by atoms with van der Waals surface area (Å²) >= 11 is 0. The number of carbonyl (C=O) groups excluding carboxylic acids is 1. The van der Waals surface area contributed by atoms with Crippen LogP contribution in [0.4, 0.5) is 0 Å². The normalized spacial score (nSPS) is 22.7. The molecule has 2 fully saturated rings. The van der Waals surface area contributed by atoms with E-state index in [9.17, 15) is 4.79 Å². The molecule has 134 valence electrons. The summed E-state index contributed by atoms with van der Waals surface area (Å²) in [6, 6.07) is 0.432. The Kier molecular flexibility index (Phi) is 9.19. The van der Waals surface area contributed by atoms with Crippen LogP contribution in [0.2, 0.25) is 0 Å². The third-order valence-electron chi connectivity index (χ3n) is 4.73. The summed E-state index contributed by atoms with van der Waals surface area (Å²) in [4.78, 5) is 20.0. The Morgan fingerprint density at radius 2 is 1.96 bits per heavy atom. The second kappa shape index (κ2) is 10.3. The number of likely N-dealkylation sites (N-methyl/N-ethyl adjacent to an activating group) is 1. The first-order valence-electron chi connectivity index (χ1n) is 8.48. The predicted octanol–water partition coefficient (Wildman–Crippen LogP) is 1.12. The van der Waals surface area contributed by atoms with Gasteiger partial charge in [0.25, 0.3) is 0 Å². The molecule has 0 bridgehead atoms. The molecule has 2 N–H and O–H groups in total. The molecule has 1 atom stereocenters. The predicted molar refractivity (Wildman–Crippen MR) is 105 cm³/mol. The lowest BCUT2D eigenvalue weighted by molar-refractivity contribution is -0.127. The number of hydrogen-bond donors (Lipinski definition) is 2. The Hall–Kier alpha value is -0.570. The van der Waals surface area contributed by atoms with E-state index < -0.39 is 0 Å². The largest absolute Gasteiger partial charge is 0.352 e. The van der Waals surface area contributed by atoms with Crippen molar-refractivity contribution in [3.63, 3.8) is 0 Å². The summed E-state index contributed by atoms with van der Waals surface area (Å²) in [7, 11) is 5.27. The van der Waals surface area contributed by atoms with Crippen molar-refractivity contribution < 1.29 is 4.79 Å². The summed E-state index contributed by atoms with van der Waals surface area (Å²) in [6.45, 7) is 3.79. The number of halogens is 1. The molecule has 0 aromatic rings. The van der Waals surface area contributed by atoms with Crippen molar-refractivity contribution in [3.8, 4) is 0 Å². The second-order valence-corrected chi connectivity index (χ2v) is 6.75. The topological polar surface area (TPSA) is 60.0 Å². The number of rotatable bonds is 5. The van der Waals surface area contributed by atoms with Gasteiger partial charge in [-0.05, 0) is 25.2 Å². The maximum atomic E-state index is 11.6. The third kappa shape index (κ3) is 6.82. The van der Waals surface area contributed by atoms with E-state index >= 15 is 0 Å². The molecule has 6 nitrogen and oxygen atoms in total. The van der Waals surface area contributed by atoms with E-state index in [-0.39, 0.29) is 36.4 Å². The van der Waals surface area contributed by atoms with Gasteiger partial charge in [-0.2, -0.15) is 0 Å². The van der Waals surface area contributed by atoms with Crippen LogP contribution in [0.3, 0.4) is 0 Å². The van der Waals surface area contributed by atoms with Crippen molar-refractivity contribution in [2.45, 2.75) is 38.1 Å². The summed E-state index contributed by atoms with van der Waals surface area (Å²) in [6.07, 6.45) is 6.79. The molecular formula is C16H32IN5O. The monoisotopic (exact) mass is 437 g/mol. The molecule has 1 saturated heterocycles. The molecule has 1 amide bonds. The SMILES string of the molecule is CN=C(NCC(=O)N(C)C)NC1CCN(CC2CCCC2)C1.I. The van der Waals surface area contributed by atoms with E-state index in [1.807, 2.05) is 0 Å². The maximum absolute atomic E-state index is 11.6. The lowest BCUT2D eigenvalue weighted by Gasteiger charge is -2.21. The van der Waals surface area contributed by atoms with Crippen LogP contribution in [0, 0.1) is 5.92 Å². The average Bonchev–Trinajstić information content (AvgIpc) is 3.15. The lowest BCUT2D eigenvalue weighted by Crippen LogP contribution is -2.47. The van der Waals surface area contributed by atoms with Crippen molar-refractivity contribution in [1.29, 1.82) is 0 Å². The number of nitrogens with zero attached hydrogens (tertiary/aromatic N) is 3. The van der Waals surface area contributed by atoms with Gasteiger partial charge in [-0.1, -0.05) is 12.8 Å². The molecule has 2 aliphatic rings. The van der Waals surface area contributed by atoms with E-state index in [1.54, 1.807) is 26.0 Å². The highest BCUT2D eigenvalue weighted by molar-refractivity contribution is 14.0. The quantitative estimate of drug-likeness (QED) is 0.385. The Labute approximate surface area is 157 Å². The molecule has 23 heavy (non-hydrogen) atoms. The second-order valence-electron chi connectivity index (χ2n) is 6.75. The van der Waals surface area contributed by atoms with Crippen molar-refractivity contribution in [2.75, 3.05) is 47.3 Å². The maximum Gasteiger partial charge on any atom is 0.241 e. The standard InChI is InChI=1S/C16H31N5O.HI/c1-17-16(18-10-15(22)20(2)3)19-14-8-9-21(12-14)11-13-6-4-5-7-13;/h13-14H,4-12H2,1-3H3,(H2,17,18,19);1H. The average molecular weight is 437 g/mol. The van der Waals surface area contributed by atoms with Gasteiger partial charge in [0.2, 0.25) is 5.91 Å². The molecule has 7 heteroatoms. The van der Waals surface area contributed by atoms with E-state index in [1.165, 1.54) is 38.8 Å². The van der Waals surface area contributed by atoms with Crippen LogP contribution in [-0.2, 0) is 4.79 Å². The first-order valence-corrected chi connectivity index (χ1v) is 8.48. The highest BCUT2D eigenvalue weighted by Crippen LogP contribution is 2.26. The molecular weight excluding hydrogens is 405 g/mol. The van der Waals surface area contributed by atoms with Crippen LogP contribution in [0.5, 0.6) is 0 Å². The van der Waals surface area contributed by atoms with Crippen molar-refractivity contribution in [3.05, 3.63) is 0 Å². The number of hydrogen-bond acceptors (Lipinski definition) is 3. The van der Waals surface area contributed by atoms with Crippen molar-refractivity contribution in [2.24, 2.45) is 10.9 Å². The Morgan fingerprint density at radius 3 is 2.57 bits per heavy atom. The molecule has 0 spiro atoms. The minimum atomic E-state index is 0. The number of aliphatic imine (C=N–C) groups is 1. The molecule has 0 aromatic heterocycles. The zero-order valence-corrected chi connectivity index (χ0v) is 17.0. The van der Waals surface area contributed by atoms with E-state index in [0.29, 0.717) is 6.04 Å². The zero-order valence-electron chi connectivity index (χ0n) is 14.7.